The molecule has 2 N–H and O–H groups in total. The van der Waals surface area contributed by atoms with Crippen molar-refractivity contribution in [3.8, 4) is 11.3 Å². The molecule has 0 aromatic carbocycles. The van der Waals surface area contributed by atoms with Gasteiger partial charge < -0.3 is 10.2 Å². The molecule has 1 fully saturated rings. The van der Waals surface area contributed by atoms with Crippen LogP contribution in [0.3, 0.4) is 0 Å². The molecule has 1 saturated heterocycles. The number of aromatic nitrogens is 3. The Bertz CT molecular complexity index is 758. The highest BCUT2D eigenvalue weighted by molar-refractivity contribution is 5.94. The van der Waals surface area contributed by atoms with Gasteiger partial charge in [0.05, 0.1) is 11.6 Å². The van der Waals surface area contributed by atoms with E-state index >= 15 is 0 Å². The van der Waals surface area contributed by atoms with Crippen molar-refractivity contribution in [3.05, 3.63) is 36.3 Å². The number of hydrogen-bond acceptors (Lipinski definition) is 4. The molecule has 0 spiro atoms. The van der Waals surface area contributed by atoms with Crippen LogP contribution in [0.25, 0.3) is 11.3 Å². The Hall–Kier alpha value is -2.70. The molecule has 2 aromatic rings. The van der Waals surface area contributed by atoms with Crippen LogP contribution in [0.5, 0.6) is 0 Å². The highest BCUT2D eigenvalue weighted by atomic mass is 16.2. The van der Waals surface area contributed by atoms with Gasteiger partial charge in [-0.25, -0.2) is 0 Å². The van der Waals surface area contributed by atoms with Gasteiger partial charge in [0, 0.05) is 37.1 Å². The molecular formula is C19H25N5O2. The number of carbonyl (C=O) groups is 2. The second-order valence-electron chi connectivity index (χ2n) is 6.82. The number of carbonyl (C=O) groups excluding carboxylic acids is 2. The molecule has 0 saturated carbocycles. The van der Waals surface area contributed by atoms with Crippen molar-refractivity contribution in [2.75, 3.05) is 13.1 Å². The zero-order chi connectivity index (χ0) is 18.5. The van der Waals surface area contributed by atoms with Crippen LogP contribution in [0.2, 0.25) is 0 Å². The number of aromatic amines is 1. The Labute approximate surface area is 153 Å². The summed E-state index contributed by atoms with van der Waals surface area (Å²) in [5, 5.41) is 10.1. The summed E-state index contributed by atoms with van der Waals surface area (Å²) < 4.78 is 0. The SMILES string of the molecule is CC[C@@H](C)NC(=O)[C@H]1CCCN(C(=O)c2cc(-c3cccnc3)n[nH]2)C1. The van der Waals surface area contributed by atoms with Crippen molar-refractivity contribution in [1.29, 1.82) is 0 Å². The summed E-state index contributed by atoms with van der Waals surface area (Å²) in [4.78, 5) is 31.0. The minimum absolute atomic E-state index is 0.0394. The average molecular weight is 355 g/mol. The van der Waals surface area contributed by atoms with Crippen LogP contribution in [-0.2, 0) is 4.79 Å². The van der Waals surface area contributed by atoms with E-state index in [1.54, 1.807) is 23.4 Å². The molecule has 2 atom stereocenters. The third kappa shape index (κ3) is 4.09. The van der Waals surface area contributed by atoms with Crippen LogP contribution in [0.15, 0.2) is 30.6 Å². The Balaban J connectivity index is 1.66. The quantitative estimate of drug-likeness (QED) is 0.860. The molecule has 2 amide bonds. The molecular weight excluding hydrogens is 330 g/mol. The number of hydrogen-bond donors (Lipinski definition) is 2. The molecule has 0 radical (unpaired) electrons. The van der Waals surface area contributed by atoms with Gasteiger partial charge in [-0.15, -0.1) is 0 Å². The van der Waals surface area contributed by atoms with E-state index in [1.807, 2.05) is 26.0 Å². The van der Waals surface area contributed by atoms with Crippen molar-refractivity contribution in [2.45, 2.75) is 39.2 Å². The number of nitrogens with one attached hydrogen (secondary N) is 2. The number of likely N-dealkylation sites (tertiary alicyclic amines) is 1. The largest absolute Gasteiger partial charge is 0.353 e. The molecule has 0 unspecified atom stereocenters. The molecule has 7 heteroatoms. The number of amides is 2. The zero-order valence-corrected chi connectivity index (χ0v) is 15.2. The first-order chi connectivity index (χ1) is 12.6. The Morgan fingerprint density at radius 3 is 3.04 bits per heavy atom. The summed E-state index contributed by atoms with van der Waals surface area (Å²) in [5.74, 6) is -0.228. The molecule has 0 aliphatic carbocycles. The summed E-state index contributed by atoms with van der Waals surface area (Å²) >= 11 is 0. The highest BCUT2D eigenvalue weighted by Crippen LogP contribution is 2.21. The smallest absolute Gasteiger partial charge is 0.271 e. The number of piperidine rings is 1. The minimum Gasteiger partial charge on any atom is -0.353 e. The number of rotatable bonds is 5. The topological polar surface area (TPSA) is 91.0 Å². The maximum atomic E-state index is 12.8. The number of H-pyrrole nitrogens is 1. The first kappa shape index (κ1) is 18.1. The van der Waals surface area contributed by atoms with E-state index in [9.17, 15) is 9.59 Å². The number of nitrogens with zero attached hydrogens (tertiary/aromatic N) is 3. The van der Waals surface area contributed by atoms with Crippen molar-refractivity contribution in [3.63, 3.8) is 0 Å². The lowest BCUT2D eigenvalue weighted by atomic mass is 9.96. The second-order valence-corrected chi connectivity index (χ2v) is 6.82. The van der Waals surface area contributed by atoms with E-state index in [1.165, 1.54) is 0 Å². The Morgan fingerprint density at radius 1 is 1.46 bits per heavy atom. The standard InChI is InChI=1S/C19H25N5O2/c1-3-13(2)21-18(25)15-7-5-9-24(12-15)19(26)17-10-16(22-23-17)14-6-4-8-20-11-14/h4,6,8,10-11,13,15H,3,5,7,9,12H2,1-2H3,(H,21,25)(H,22,23)/t13-,15+/m1/s1. The Morgan fingerprint density at radius 2 is 2.31 bits per heavy atom. The molecule has 1 aliphatic heterocycles. The fraction of sp³-hybridized carbons (Fsp3) is 0.474. The van der Waals surface area contributed by atoms with Crippen LogP contribution in [0.4, 0.5) is 0 Å². The lowest BCUT2D eigenvalue weighted by molar-refractivity contribution is -0.126. The van der Waals surface area contributed by atoms with Crippen LogP contribution in [0.1, 0.15) is 43.6 Å². The van der Waals surface area contributed by atoms with Crippen molar-refractivity contribution in [2.24, 2.45) is 5.92 Å². The summed E-state index contributed by atoms with van der Waals surface area (Å²) in [6.45, 7) is 5.14. The lowest BCUT2D eigenvalue weighted by Crippen LogP contribution is -2.47. The van der Waals surface area contributed by atoms with Gasteiger partial charge in [0.1, 0.15) is 5.69 Å². The van der Waals surface area contributed by atoms with E-state index in [-0.39, 0.29) is 23.8 Å². The van der Waals surface area contributed by atoms with Gasteiger partial charge in [0.15, 0.2) is 0 Å². The first-order valence-electron chi connectivity index (χ1n) is 9.14. The van der Waals surface area contributed by atoms with Gasteiger partial charge in [-0.1, -0.05) is 6.92 Å². The van der Waals surface area contributed by atoms with E-state index in [2.05, 4.69) is 20.5 Å². The van der Waals surface area contributed by atoms with Crippen molar-refractivity contribution in [1.82, 2.24) is 25.4 Å². The van der Waals surface area contributed by atoms with Gasteiger partial charge in [-0.3, -0.25) is 19.7 Å². The molecule has 1 aliphatic rings. The third-order valence-corrected chi connectivity index (χ3v) is 4.85. The fourth-order valence-electron chi connectivity index (χ4n) is 3.10. The predicted molar refractivity (Wildman–Crippen MR) is 98.3 cm³/mol. The molecule has 138 valence electrons. The van der Waals surface area contributed by atoms with Gasteiger partial charge >= 0.3 is 0 Å². The predicted octanol–water partition coefficient (Wildman–Crippen LogP) is 2.24. The summed E-state index contributed by atoms with van der Waals surface area (Å²) in [7, 11) is 0. The second kappa shape index (κ2) is 8.12. The van der Waals surface area contributed by atoms with E-state index in [0.29, 0.717) is 24.5 Å². The van der Waals surface area contributed by atoms with Crippen molar-refractivity contribution < 1.29 is 9.59 Å². The summed E-state index contributed by atoms with van der Waals surface area (Å²) in [5.41, 5.74) is 1.98. The average Bonchev–Trinajstić information content (AvgIpc) is 3.18. The normalized spacial score (nSPS) is 18.4. The fourth-order valence-corrected chi connectivity index (χ4v) is 3.10. The maximum Gasteiger partial charge on any atom is 0.271 e. The van der Waals surface area contributed by atoms with Crippen LogP contribution >= 0.6 is 0 Å². The van der Waals surface area contributed by atoms with E-state index < -0.39 is 0 Å². The van der Waals surface area contributed by atoms with E-state index in [4.69, 9.17) is 0 Å². The summed E-state index contributed by atoms with van der Waals surface area (Å²) in [6, 6.07) is 5.62. The van der Waals surface area contributed by atoms with Gasteiger partial charge in [0.2, 0.25) is 5.91 Å². The maximum absolute atomic E-state index is 12.8. The third-order valence-electron chi connectivity index (χ3n) is 4.85. The molecule has 0 bridgehead atoms. The van der Waals surface area contributed by atoms with Crippen LogP contribution in [-0.4, -0.2) is 51.0 Å². The van der Waals surface area contributed by atoms with Gasteiger partial charge in [-0.05, 0) is 44.4 Å². The van der Waals surface area contributed by atoms with Crippen LogP contribution < -0.4 is 5.32 Å². The highest BCUT2D eigenvalue weighted by Gasteiger charge is 2.30. The lowest BCUT2D eigenvalue weighted by Gasteiger charge is -2.32. The van der Waals surface area contributed by atoms with E-state index in [0.717, 1.165) is 24.8 Å². The van der Waals surface area contributed by atoms with Gasteiger partial charge in [0.25, 0.3) is 5.91 Å². The first-order valence-corrected chi connectivity index (χ1v) is 9.14. The minimum atomic E-state index is -0.151. The molecule has 2 aromatic heterocycles. The van der Waals surface area contributed by atoms with Crippen molar-refractivity contribution >= 4 is 11.8 Å². The summed E-state index contributed by atoms with van der Waals surface area (Å²) in [6.07, 6.45) is 5.94. The molecule has 3 rings (SSSR count). The Kier molecular flexibility index (Phi) is 5.65. The van der Waals surface area contributed by atoms with Gasteiger partial charge in [-0.2, -0.15) is 5.10 Å². The number of pyridine rings is 1. The molecule has 7 nitrogen and oxygen atoms in total. The molecule has 26 heavy (non-hydrogen) atoms. The monoisotopic (exact) mass is 355 g/mol. The molecule has 3 heterocycles. The zero-order valence-electron chi connectivity index (χ0n) is 15.2. The van der Waals surface area contributed by atoms with Crippen LogP contribution in [0, 0.1) is 5.92 Å².